The van der Waals surface area contributed by atoms with Gasteiger partial charge >= 0.3 is 6.01 Å². The van der Waals surface area contributed by atoms with E-state index in [-0.39, 0.29) is 12.6 Å². The lowest BCUT2D eigenvalue weighted by Gasteiger charge is -2.07. The number of hydrogen-bond acceptors (Lipinski definition) is 7. The van der Waals surface area contributed by atoms with Crippen molar-refractivity contribution in [2.45, 2.75) is 20.0 Å². The summed E-state index contributed by atoms with van der Waals surface area (Å²) in [5.74, 6) is 1.70. The average Bonchev–Trinajstić information content (AvgIpc) is 2.89. The molecule has 0 amide bonds. The van der Waals surface area contributed by atoms with Gasteiger partial charge in [0.05, 0.1) is 26.0 Å². The van der Waals surface area contributed by atoms with Crippen molar-refractivity contribution in [3.05, 3.63) is 30.0 Å². The van der Waals surface area contributed by atoms with Gasteiger partial charge in [-0.15, -0.1) is 0 Å². The molecule has 0 aliphatic heterocycles. The molecular formula is C11H15N5O2. The van der Waals surface area contributed by atoms with Crippen molar-refractivity contribution in [3.63, 3.8) is 0 Å². The van der Waals surface area contributed by atoms with E-state index in [1.165, 1.54) is 0 Å². The van der Waals surface area contributed by atoms with E-state index in [4.69, 9.17) is 14.9 Å². The molecule has 0 bridgehead atoms. The van der Waals surface area contributed by atoms with Crippen molar-refractivity contribution in [1.82, 2.24) is 15.0 Å². The summed E-state index contributed by atoms with van der Waals surface area (Å²) in [6, 6.07) is 3.96. The lowest BCUT2D eigenvalue weighted by Crippen LogP contribution is -2.11. The molecule has 0 saturated carbocycles. The van der Waals surface area contributed by atoms with Crippen molar-refractivity contribution >= 4 is 5.95 Å². The zero-order chi connectivity index (χ0) is 12.8. The maximum atomic E-state index is 5.52. The molecular weight excluding hydrogens is 234 g/mol. The molecule has 0 unspecified atom stereocenters. The van der Waals surface area contributed by atoms with Crippen LogP contribution in [0, 0.1) is 0 Å². The van der Waals surface area contributed by atoms with Gasteiger partial charge in [0.25, 0.3) is 0 Å². The number of ether oxygens (including phenoxy) is 1. The highest BCUT2D eigenvalue weighted by molar-refractivity contribution is 5.26. The number of nitrogens with one attached hydrogen (secondary N) is 1. The van der Waals surface area contributed by atoms with E-state index in [0.29, 0.717) is 24.9 Å². The standard InChI is InChI=1S/C11H15N5O2/c1-2-17-11-15-9(6-12)14-10(16-11)13-7-8-4-3-5-18-8/h3-5H,2,6-7,12H2,1H3,(H,13,14,15,16). The Morgan fingerprint density at radius 1 is 1.39 bits per heavy atom. The molecule has 0 spiro atoms. The number of aromatic nitrogens is 3. The van der Waals surface area contributed by atoms with Crippen molar-refractivity contribution in [1.29, 1.82) is 0 Å². The van der Waals surface area contributed by atoms with Gasteiger partial charge in [0.1, 0.15) is 5.76 Å². The third kappa shape index (κ3) is 3.17. The van der Waals surface area contributed by atoms with Crippen molar-refractivity contribution < 1.29 is 9.15 Å². The van der Waals surface area contributed by atoms with E-state index in [1.807, 2.05) is 19.1 Å². The minimum atomic E-state index is 0.234. The minimum Gasteiger partial charge on any atom is -0.467 e. The largest absolute Gasteiger partial charge is 0.467 e. The molecule has 96 valence electrons. The van der Waals surface area contributed by atoms with E-state index >= 15 is 0 Å². The Morgan fingerprint density at radius 3 is 2.94 bits per heavy atom. The molecule has 2 aromatic heterocycles. The molecule has 0 atom stereocenters. The number of nitrogens with two attached hydrogens (primary N) is 1. The molecule has 2 heterocycles. The summed E-state index contributed by atoms with van der Waals surface area (Å²) in [7, 11) is 0. The van der Waals surface area contributed by atoms with E-state index in [9.17, 15) is 0 Å². The third-order valence-corrected chi connectivity index (χ3v) is 2.12. The molecule has 2 rings (SSSR count). The Kier molecular flexibility index (Phi) is 4.08. The SMILES string of the molecule is CCOc1nc(CN)nc(NCc2ccco2)n1. The Labute approximate surface area is 104 Å². The fraction of sp³-hybridized carbons (Fsp3) is 0.364. The second-order valence-electron chi connectivity index (χ2n) is 3.43. The number of rotatable bonds is 6. The van der Waals surface area contributed by atoms with Gasteiger partial charge in [-0.25, -0.2) is 0 Å². The van der Waals surface area contributed by atoms with Gasteiger partial charge in [0, 0.05) is 0 Å². The van der Waals surface area contributed by atoms with Crippen LogP contribution in [0.5, 0.6) is 6.01 Å². The number of furan rings is 1. The average molecular weight is 249 g/mol. The van der Waals surface area contributed by atoms with Crippen LogP contribution in [0.3, 0.4) is 0 Å². The highest BCUT2D eigenvalue weighted by Gasteiger charge is 2.06. The Hall–Kier alpha value is -2.15. The van der Waals surface area contributed by atoms with Gasteiger partial charge in [0.15, 0.2) is 5.82 Å². The van der Waals surface area contributed by atoms with Crippen LogP contribution in [0.15, 0.2) is 22.8 Å². The molecule has 7 nitrogen and oxygen atoms in total. The summed E-state index contributed by atoms with van der Waals surface area (Å²) in [4.78, 5) is 12.3. The van der Waals surface area contributed by atoms with Gasteiger partial charge in [-0.2, -0.15) is 15.0 Å². The fourth-order valence-electron chi connectivity index (χ4n) is 1.34. The Bertz CT molecular complexity index is 486. The number of nitrogens with zero attached hydrogens (tertiary/aromatic N) is 3. The first-order valence-electron chi connectivity index (χ1n) is 5.66. The summed E-state index contributed by atoms with van der Waals surface area (Å²) >= 11 is 0. The summed E-state index contributed by atoms with van der Waals surface area (Å²) in [5.41, 5.74) is 5.52. The maximum absolute atomic E-state index is 5.52. The third-order valence-electron chi connectivity index (χ3n) is 2.12. The first-order valence-corrected chi connectivity index (χ1v) is 5.66. The number of hydrogen-bond donors (Lipinski definition) is 2. The monoisotopic (exact) mass is 249 g/mol. The summed E-state index contributed by atoms with van der Waals surface area (Å²) in [5, 5.41) is 3.03. The van der Waals surface area contributed by atoms with Crippen LogP contribution >= 0.6 is 0 Å². The zero-order valence-corrected chi connectivity index (χ0v) is 10.1. The minimum absolute atomic E-state index is 0.234. The van der Waals surface area contributed by atoms with Crippen molar-refractivity contribution in [2.75, 3.05) is 11.9 Å². The molecule has 3 N–H and O–H groups in total. The molecule has 0 saturated heterocycles. The summed E-state index contributed by atoms with van der Waals surface area (Å²) < 4.78 is 10.4. The predicted octanol–water partition coefficient (Wildman–Crippen LogP) is 0.934. The van der Waals surface area contributed by atoms with Gasteiger partial charge in [-0.05, 0) is 19.1 Å². The molecule has 0 aromatic carbocycles. The first-order chi connectivity index (χ1) is 8.81. The smallest absolute Gasteiger partial charge is 0.321 e. The second kappa shape index (κ2) is 5.97. The summed E-state index contributed by atoms with van der Waals surface area (Å²) in [6.45, 7) is 3.08. The van der Waals surface area contributed by atoms with Crippen LogP contribution in [0.1, 0.15) is 18.5 Å². The van der Waals surface area contributed by atoms with E-state index in [2.05, 4.69) is 20.3 Å². The summed E-state index contributed by atoms with van der Waals surface area (Å²) in [6.07, 6.45) is 1.61. The molecule has 0 radical (unpaired) electrons. The molecule has 0 fully saturated rings. The van der Waals surface area contributed by atoms with Gasteiger partial charge in [-0.3, -0.25) is 0 Å². The second-order valence-corrected chi connectivity index (χ2v) is 3.43. The highest BCUT2D eigenvalue weighted by atomic mass is 16.5. The van der Waals surface area contributed by atoms with E-state index < -0.39 is 0 Å². The molecule has 0 aliphatic rings. The van der Waals surface area contributed by atoms with Gasteiger partial charge < -0.3 is 20.2 Å². The maximum Gasteiger partial charge on any atom is 0.321 e. The Balaban J connectivity index is 2.08. The molecule has 18 heavy (non-hydrogen) atoms. The van der Waals surface area contributed by atoms with E-state index in [1.54, 1.807) is 6.26 Å². The Morgan fingerprint density at radius 2 is 2.28 bits per heavy atom. The topological polar surface area (TPSA) is 99.1 Å². The van der Waals surface area contributed by atoms with Crippen LogP contribution < -0.4 is 15.8 Å². The fourth-order valence-corrected chi connectivity index (χ4v) is 1.34. The lowest BCUT2D eigenvalue weighted by atomic mass is 10.4. The van der Waals surface area contributed by atoms with Crippen molar-refractivity contribution in [3.8, 4) is 6.01 Å². The molecule has 2 aromatic rings. The van der Waals surface area contributed by atoms with Crippen LogP contribution in [0.25, 0.3) is 0 Å². The van der Waals surface area contributed by atoms with Crippen molar-refractivity contribution in [2.24, 2.45) is 5.73 Å². The first kappa shape index (κ1) is 12.3. The number of anilines is 1. The molecule has 7 heteroatoms. The highest BCUT2D eigenvalue weighted by Crippen LogP contribution is 2.09. The molecule has 0 aliphatic carbocycles. The van der Waals surface area contributed by atoms with Crippen LogP contribution in [-0.2, 0) is 13.1 Å². The van der Waals surface area contributed by atoms with E-state index in [0.717, 1.165) is 5.76 Å². The lowest BCUT2D eigenvalue weighted by molar-refractivity contribution is 0.310. The quantitative estimate of drug-likeness (QED) is 0.785. The zero-order valence-electron chi connectivity index (χ0n) is 10.1. The predicted molar refractivity (Wildman–Crippen MR) is 64.9 cm³/mol. The van der Waals surface area contributed by atoms with Crippen LogP contribution in [0.4, 0.5) is 5.95 Å². The normalized spacial score (nSPS) is 10.3. The van der Waals surface area contributed by atoms with Gasteiger partial charge in [-0.1, -0.05) is 0 Å². The van der Waals surface area contributed by atoms with Gasteiger partial charge in [0.2, 0.25) is 5.95 Å². The van der Waals surface area contributed by atoms with Crippen LogP contribution in [-0.4, -0.2) is 21.6 Å². The van der Waals surface area contributed by atoms with Crippen LogP contribution in [0.2, 0.25) is 0 Å².